The molecule has 0 spiro atoms. The monoisotopic (exact) mass is 234 g/mol. The maximum absolute atomic E-state index is 4.20. The van der Waals surface area contributed by atoms with Crippen LogP contribution in [0.15, 0.2) is 0 Å². The standard InChI is InChI=1S/C12H26S.S/c1-2-3-4-5-6-7-8-9-10-11-12-13;/h13H,2-12H2,1H3;. The van der Waals surface area contributed by atoms with Crippen molar-refractivity contribution < 1.29 is 0 Å². The van der Waals surface area contributed by atoms with E-state index in [1.807, 2.05) is 0 Å². The van der Waals surface area contributed by atoms with Crippen LogP contribution in [0.25, 0.3) is 0 Å². The minimum atomic E-state index is 0. The molecule has 0 aromatic rings. The van der Waals surface area contributed by atoms with Gasteiger partial charge in [0.05, 0.1) is 0 Å². The third-order valence-electron chi connectivity index (χ3n) is 2.51. The van der Waals surface area contributed by atoms with Crippen LogP contribution in [0.2, 0.25) is 0 Å². The van der Waals surface area contributed by atoms with Gasteiger partial charge in [0, 0.05) is 13.5 Å². The first kappa shape index (κ1) is 17.1. The summed E-state index contributed by atoms with van der Waals surface area (Å²) >= 11 is 4.20. The molecule has 0 aromatic heterocycles. The Labute approximate surface area is 103 Å². The average molecular weight is 234 g/mol. The third-order valence-corrected chi connectivity index (χ3v) is 2.83. The van der Waals surface area contributed by atoms with Gasteiger partial charge in [0.1, 0.15) is 0 Å². The van der Waals surface area contributed by atoms with Crippen molar-refractivity contribution in [2.24, 2.45) is 0 Å². The summed E-state index contributed by atoms with van der Waals surface area (Å²) < 4.78 is 0. The van der Waals surface area contributed by atoms with E-state index in [1.165, 1.54) is 64.2 Å². The van der Waals surface area contributed by atoms with Crippen LogP contribution in [0.5, 0.6) is 0 Å². The van der Waals surface area contributed by atoms with Crippen molar-refractivity contribution in [1.29, 1.82) is 0 Å². The van der Waals surface area contributed by atoms with E-state index in [9.17, 15) is 0 Å². The molecule has 0 aromatic carbocycles. The molecule has 0 fully saturated rings. The third kappa shape index (κ3) is 15.2. The molecule has 0 saturated carbocycles. The van der Waals surface area contributed by atoms with Gasteiger partial charge in [-0.1, -0.05) is 64.7 Å². The summed E-state index contributed by atoms with van der Waals surface area (Å²) in [5, 5.41) is 0. The van der Waals surface area contributed by atoms with Gasteiger partial charge in [-0.3, -0.25) is 0 Å². The molecule has 0 nitrogen and oxygen atoms in total. The Morgan fingerprint density at radius 1 is 0.643 bits per heavy atom. The average Bonchev–Trinajstić information content (AvgIpc) is 2.16. The molecule has 0 atom stereocenters. The lowest BCUT2D eigenvalue weighted by Crippen LogP contribution is -1.81. The van der Waals surface area contributed by atoms with Crippen molar-refractivity contribution in [3.63, 3.8) is 0 Å². The summed E-state index contributed by atoms with van der Waals surface area (Å²) in [4.78, 5) is 0. The highest BCUT2D eigenvalue weighted by Crippen LogP contribution is 2.10. The lowest BCUT2D eigenvalue weighted by molar-refractivity contribution is 0.563. The molecule has 0 heterocycles. The predicted molar refractivity (Wildman–Crippen MR) is 73.3 cm³/mol. The zero-order valence-corrected chi connectivity index (χ0v) is 11.3. The van der Waals surface area contributed by atoms with Crippen molar-refractivity contribution in [2.75, 3.05) is 5.75 Å². The number of hydrogen-bond acceptors (Lipinski definition) is 1. The Morgan fingerprint density at radius 3 is 1.36 bits per heavy atom. The molecule has 0 bridgehead atoms. The van der Waals surface area contributed by atoms with Crippen molar-refractivity contribution >= 4 is 26.1 Å². The van der Waals surface area contributed by atoms with Crippen LogP contribution in [0, 0.1) is 0 Å². The van der Waals surface area contributed by atoms with Crippen molar-refractivity contribution in [2.45, 2.75) is 71.1 Å². The van der Waals surface area contributed by atoms with Crippen LogP contribution in [-0.4, -0.2) is 5.75 Å². The van der Waals surface area contributed by atoms with Crippen molar-refractivity contribution in [1.82, 2.24) is 0 Å². The lowest BCUT2D eigenvalue weighted by Gasteiger charge is -2.00. The van der Waals surface area contributed by atoms with Gasteiger partial charge in [0.2, 0.25) is 0 Å². The van der Waals surface area contributed by atoms with E-state index < -0.39 is 0 Å². The number of hydrogen-bond donors (Lipinski definition) is 1. The Kier molecular flexibility index (Phi) is 19.7. The van der Waals surface area contributed by atoms with Gasteiger partial charge in [-0.05, 0) is 12.2 Å². The van der Waals surface area contributed by atoms with Crippen LogP contribution in [-0.2, 0) is 0 Å². The van der Waals surface area contributed by atoms with Crippen molar-refractivity contribution in [3.8, 4) is 0 Å². The first-order chi connectivity index (χ1) is 6.41. The molecule has 0 N–H and O–H groups in total. The molecule has 0 aliphatic heterocycles. The van der Waals surface area contributed by atoms with E-state index >= 15 is 0 Å². The minimum Gasteiger partial charge on any atom is -0.179 e. The van der Waals surface area contributed by atoms with E-state index in [4.69, 9.17) is 0 Å². The second-order valence-corrected chi connectivity index (χ2v) is 4.35. The van der Waals surface area contributed by atoms with Gasteiger partial charge in [0.15, 0.2) is 0 Å². The predicted octanol–water partition coefficient (Wildman–Crippen LogP) is 5.49. The Morgan fingerprint density at radius 2 is 1.00 bits per heavy atom. The number of thiol groups is 1. The van der Waals surface area contributed by atoms with Crippen LogP contribution < -0.4 is 0 Å². The summed E-state index contributed by atoms with van der Waals surface area (Å²) in [7, 11) is 0. The van der Waals surface area contributed by atoms with Crippen LogP contribution in [0.4, 0.5) is 0 Å². The van der Waals surface area contributed by atoms with Gasteiger partial charge in [0.25, 0.3) is 0 Å². The summed E-state index contributed by atoms with van der Waals surface area (Å²) in [6, 6.07) is 0. The molecular formula is C12H26S2. The molecule has 0 aliphatic rings. The molecule has 0 unspecified atom stereocenters. The van der Waals surface area contributed by atoms with Gasteiger partial charge in [-0.25, -0.2) is 0 Å². The smallest absolute Gasteiger partial charge is 0 e. The van der Waals surface area contributed by atoms with Gasteiger partial charge in [-0.2, -0.15) is 12.6 Å². The van der Waals surface area contributed by atoms with E-state index in [-0.39, 0.29) is 13.5 Å². The fraction of sp³-hybridized carbons (Fsp3) is 1.00. The first-order valence-electron chi connectivity index (χ1n) is 6.02. The molecular weight excluding hydrogens is 208 g/mol. The molecule has 0 saturated heterocycles. The molecule has 2 radical (unpaired) electrons. The van der Waals surface area contributed by atoms with Crippen molar-refractivity contribution in [3.05, 3.63) is 0 Å². The summed E-state index contributed by atoms with van der Waals surface area (Å²) in [5.74, 6) is 1.07. The topological polar surface area (TPSA) is 0 Å². The maximum atomic E-state index is 4.20. The van der Waals surface area contributed by atoms with E-state index in [0.29, 0.717) is 0 Å². The SMILES string of the molecule is CCCCCCCCCCCCS.[S]. The largest absolute Gasteiger partial charge is 0.179 e. The van der Waals surface area contributed by atoms with Gasteiger partial charge < -0.3 is 0 Å². The minimum absolute atomic E-state index is 0. The summed E-state index contributed by atoms with van der Waals surface area (Å²) in [6.45, 7) is 2.28. The first-order valence-corrected chi connectivity index (χ1v) is 6.66. The number of rotatable bonds is 10. The summed E-state index contributed by atoms with van der Waals surface area (Å²) in [5.41, 5.74) is 0. The van der Waals surface area contributed by atoms with Gasteiger partial charge in [-0.15, -0.1) is 0 Å². The maximum Gasteiger partial charge on any atom is 0 e. The highest BCUT2D eigenvalue weighted by Gasteiger charge is 1.91. The fourth-order valence-electron chi connectivity index (χ4n) is 1.60. The Balaban J connectivity index is 0. The van der Waals surface area contributed by atoms with E-state index in [0.717, 1.165) is 5.75 Å². The zero-order valence-electron chi connectivity index (χ0n) is 9.63. The molecule has 0 amide bonds. The van der Waals surface area contributed by atoms with Crippen LogP contribution >= 0.6 is 26.1 Å². The van der Waals surface area contributed by atoms with E-state index in [2.05, 4.69) is 19.6 Å². The van der Waals surface area contributed by atoms with Crippen LogP contribution in [0.3, 0.4) is 0 Å². The van der Waals surface area contributed by atoms with E-state index in [1.54, 1.807) is 0 Å². The molecule has 0 rings (SSSR count). The number of unbranched alkanes of at least 4 members (excludes halogenated alkanes) is 9. The summed E-state index contributed by atoms with van der Waals surface area (Å²) in [6.07, 6.45) is 14.2. The molecule has 0 aliphatic carbocycles. The second-order valence-electron chi connectivity index (χ2n) is 3.91. The van der Waals surface area contributed by atoms with Gasteiger partial charge >= 0.3 is 0 Å². The lowest BCUT2D eigenvalue weighted by atomic mass is 10.1. The molecule has 86 valence electrons. The Hall–Kier alpha value is 0.700. The normalized spacial score (nSPS) is 9.86. The second kappa shape index (κ2) is 16.1. The Bertz CT molecular complexity index is 74.4. The highest BCUT2D eigenvalue weighted by molar-refractivity contribution is 7.80. The van der Waals surface area contributed by atoms with Crippen LogP contribution in [0.1, 0.15) is 71.1 Å². The zero-order chi connectivity index (χ0) is 9.78. The molecule has 2 heteroatoms. The quantitative estimate of drug-likeness (QED) is 0.375. The molecule has 14 heavy (non-hydrogen) atoms. The fourth-order valence-corrected chi connectivity index (χ4v) is 1.82. The highest BCUT2D eigenvalue weighted by atomic mass is 32.1.